The fourth-order valence-electron chi connectivity index (χ4n) is 4.99. The zero-order chi connectivity index (χ0) is 25.0. The fraction of sp³-hybridized carbons (Fsp3) is 0.233. The van der Waals surface area contributed by atoms with Crippen LogP contribution in [0.3, 0.4) is 0 Å². The topological polar surface area (TPSA) is 68.1 Å². The molecule has 37 heavy (non-hydrogen) atoms. The lowest BCUT2D eigenvalue weighted by Crippen LogP contribution is -2.35. The first-order valence-corrected chi connectivity index (χ1v) is 12.8. The molecule has 0 spiro atoms. The maximum Gasteiger partial charge on any atom is 0.229 e. The van der Waals surface area contributed by atoms with E-state index >= 15 is 0 Å². The Balaban J connectivity index is 1.31. The number of fused-ring (bicyclic) bond motifs is 1. The molecule has 3 aromatic carbocycles. The van der Waals surface area contributed by atoms with E-state index < -0.39 is 0 Å². The lowest BCUT2D eigenvalue weighted by atomic mass is 9.90. The van der Waals surface area contributed by atoms with Gasteiger partial charge in [0.25, 0.3) is 0 Å². The second-order valence-corrected chi connectivity index (χ2v) is 9.48. The van der Waals surface area contributed by atoms with Crippen LogP contribution in [0.1, 0.15) is 18.4 Å². The Bertz CT molecular complexity index is 1460. The number of hydrogen-bond donors (Lipinski definition) is 1. The molecule has 7 heteroatoms. The van der Waals surface area contributed by atoms with Crippen LogP contribution in [0.25, 0.3) is 16.7 Å². The summed E-state index contributed by atoms with van der Waals surface area (Å²) in [6.07, 6.45) is 5.20. The van der Waals surface area contributed by atoms with Crippen LogP contribution in [0.4, 0.5) is 17.5 Å². The Morgan fingerprint density at radius 3 is 2.27 bits per heavy atom. The molecule has 1 fully saturated rings. The Hall–Kier alpha value is -4.39. The number of rotatable bonds is 7. The van der Waals surface area contributed by atoms with Gasteiger partial charge in [0.1, 0.15) is 11.6 Å². The molecule has 6 rings (SSSR count). The SMILES string of the molecule is COc1ccc(Nc2nc(N3CCC(Cc4ccccc4)CC3)nc3c2cnn3-c2ccccc2)cc1. The third kappa shape index (κ3) is 4.98. The van der Waals surface area contributed by atoms with E-state index in [0.717, 1.165) is 72.3 Å². The molecule has 0 bridgehead atoms. The molecule has 1 aliphatic heterocycles. The van der Waals surface area contributed by atoms with Gasteiger partial charge in [-0.1, -0.05) is 48.5 Å². The van der Waals surface area contributed by atoms with Gasteiger partial charge in [0.05, 0.1) is 24.4 Å². The molecule has 1 N–H and O–H groups in total. The van der Waals surface area contributed by atoms with Crippen LogP contribution in [-0.4, -0.2) is 39.9 Å². The molecule has 1 saturated heterocycles. The van der Waals surface area contributed by atoms with E-state index in [1.165, 1.54) is 5.56 Å². The number of hydrogen-bond acceptors (Lipinski definition) is 6. The highest BCUT2D eigenvalue weighted by Gasteiger charge is 2.23. The van der Waals surface area contributed by atoms with Gasteiger partial charge >= 0.3 is 0 Å². The molecule has 3 heterocycles. The average molecular weight is 491 g/mol. The maximum absolute atomic E-state index is 5.31. The Kier molecular flexibility index (Phi) is 6.42. The molecule has 0 aliphatic carbocycles. The highest BCUT2D eigenvalue weighted by Crippen LogP contribution is 2.31. The summed E-state index contributed by atoms with van der Waals surface area (Å²) in [5, 5.41) is 9.05. The number of aromatic nitrogens is 4. The second-order valence-electron chi connectivity index (χ2n) is 9.48. The van der Waals surface area contributed by atoms with Crippen LogP contribution < -0.4 is 15.0 Å². The summed E-state index contributed by atoms with van der Waals surface area (Å²) < 4.78 is 7.20. The smallest absolute Gasteiger partial charge is 0.229 e. The van der Waals surface area contributed by atoms with Gasteiger partial charge in [-0.2, -0.15) is 15.1 Å². The molecular weight excluding hydrogens is 460 g/mol. The molecule has 0 radical (unpaired) electrons. The predicted molar refractivity (Wildman–Crippen MR) is 148 cm³/mol. The van der Waals surface area contributed by atoms with Gasteiger partial charge in [-0.25, -0.2) is 4.68 Å². The van der Waals surface area contributed by atoms with Gasteiger partial charge in [-0.05, 0) is 67.1 Å². The van der Waals surface area contributed by atoms with Gasteiger partial charge in [0.2, 0.25) is 5.95 Å². The summed E-state index contributed by atoms with van der Waals surface area (Å²) in [6, 6.07) is 28.8. The largest absolute Gasteiger partial charge is 0.497 e. The van der Waals surface area contributed by atoms with E-state index in [2.05, 4.69) is 45.6 Å². The summed E-state index contributed by atoms with van der Waals surface area (Å²) in [4.78, 5) is 12.3. The van der Waals surface area contributed by atoms with E-state index in [1.54, 1.807) is 7.11 Å². The summed E-state index contributed by atoms with van der Waals surface area (Å²) in [6.45, 7) is 1.87. The van der Waals surface area contributed by atoms with Crippen molar-refractivity contribution < 1.29 is 4.74 Å². The monoisotopic (exact) mass is 490 g/mol. The summed E-state index contributed by atoms with van der Waals surface area (Å²) in [7, 11) is 1.67. The molecule has 5 aromatic rings. The van der Waals surface area contributed by atoms with Crippen molar-refractivity contribution in [3.05, 3.63) is 96.7 Å². The van der Waals surface area contributed by atoms with Crippen molar-refractivity contribution in [1.29, 1.82) is 0 Å². The lowest BCUT2D eigenvalue weighted by molar-refractivity contribution is 0.401. The predicted octanol–water partition coefficient (Wildman–Crippen LogP) is 6.03. The molecule has 0 atom stereocenters. The van der Waals surface area contributed by atoms with Crippen molar-refractivity contribution >= 4 is 28.5 Å². The fourth-order valence-corrected chi connectivity index (χ4v) is 4.99. The summed E-state index contributed by atoms with van der Waals surface area (Å²) >= 11 is 0. The normalized spacial score (nSPS) is 14.1. The molecule has 2 aromatic heterocycles. The maximum atomic E-state index is 5.31. The van der Waals surface area contributed by atoms with Crippen LogP contribution in [0, 0.1) is 5.92 Å². The zero-order valence-electron chi connectivity index (χ0n) is 20.9. The van der Waals surface area contributed by atoms with Gasteiger partial charge in [0.15, 0.2) is 5.65 Å². The van der Waals surface area contributed by atoms with Gasteiger partial charge in [-0.3, -0.25) is 0 Å². The number of anilines is 3. The van der Waals surface area contributed by atoms with Crippen molar-refractivity contribution in [2.24, 2.45) is 5.92 Å². The third-order valence-electron chi connectivity index (χ3n) is 7.03. The van der Waals surface area contributed by atoms with Gasteiger partial charge in [0, 0.05) is 18.8 Å². The molecule has 0 saturated carbocycles. The van der Waals surface area contributed by atoms with Crippen LogP contribution in [0.5, 0.6) is 5.75 Å². The Morgan fingerprint density at radius 2 is 1.57 bits per heavy atom. The standard InChI is InChI=1S/C30H30N6O/c1-37-26-14-12-24(13-15-26)32-28-27-21-31-36(25-10-6-3-7-11-25)29(27)34-30(33-28)35-18-16-23(17-19-35)20-22-8-4-2-5-9-22/h2-15,21,23H,16-20H2,1H3,(H,32,33,34). The third-order valence-corrected chi connectivity index (χ3v) is 7.03. The van der Waals surface area contributed by atoms with E-state index in [-0.39, 0.29) is 0 Å². The van der Waals surface area contributed by atoms with E-state index in [4.69, 9.17) is 14.7 Å². The van der Waals surface area contributed by atoms with Crippen LogP contribution in [0.2, 0.25) is 0 Å². The number of piperidine rings is 1. The van der Waals surface area contributed by atoms with E-state index in [9.17, 15) is 0 Å². The highest BCUT2D eigenvalue weighted by molar-refractivity contribution is 5.90. The first-order chi connectivity index (χ1) is 18.3. The van der Waals surface area contributed by atoms with Crippen molar-refractivity contribution in [3.8, 4) is 11.4 Å². The average Bonchev–Trinajstić information content (AvgIpc) is 3.39. The molecule has 7 nitrogen and oxygen atoms in total. The number of methoxy groups -OCH3 is 1. The number of para-hydroxylation sites is 1. The molecule has 1 aliphatic rings. The minimum absolute atomic E-state index is 0.675. The minimum atomic E-state index is 0.675. The number of benzene rings is 3. The van der Waals surface area contributed by atoms with Crippen molar-refractivity contribution in [2.75, 3.05) is 30.4 Å². The van der Waals surface area contributed by atoms with Crippen LogP contribution in [-0.2, 0) is 6.42 Å². The molecule has 0 amide bonds. The molecule has 0 unspecified atom stereocenters. The van der Waals surface area contributed by atoms with Crippen LogP contribution >= 0.6 is 0 Å². The van der Waals surface area contributed by atoms with Crippen molar-refractivity contribution in [1.82, 2.24) is 19.7 Å². The minimum Gasteiger partial charge on any atom is -0.497 e. The van der Waals surface area contributed by atoms with Gasteiger partial charge < -0.3 is 15.0 Å². The van der Waals surface area contributed by atoms with E-state index in [0.29, 0.717) is 5.92 Å². The number of nitrogens with zero attached hydrogens (tertiary/aromatic N) is 5. The lowest BCUT2D eigenvalue weighted by Gasteiger charge is -2.32. The number of ether oxygens (including phenoxy) is 1. The summed E-state index contributed by atoms with van der Waals surface area (Å²) in [5.41, 5.74) is 4.11. The quantitative estimate of drug-likeness (QED) is 0.301. The molecule has 186 valence electrons. The first-order valence-electron chi connectivity index (χ1n) is 12.8. The second kappa shape index (κ2) is 10.3. The molecular formula is C30H30N6O. The first kappa shape index (κ1) is 23.0. The number of nitrogens with one attached hydrogen (secondary N) is 1. The Labute approximate surface area is 216 Å². The van der Waals surface area contributed by atoms with Crippen molar-refractivity contribution in [2.45, 2.75) is 19.3 Å². The zero-order valence-corrected chi connectivity index (χ0v) is 20.9. The Morgan fingerprint density at radius 1 is 0.865 bits per heavy atom. The van der Waals surface area contributed by atoms with Crippen molar-refractivity contribution in [3.63, 3.8) is 0 Å². The van der Waals surface area contributed by atoms with Crippen LogP contribution in [0.15, 0.2) is 91.1 Å². The van der Waals surface area contributed by atoms with Gasteiger partial charge in [-0.15, -0.1) is 0 Å². The highest BCUT2D eigenvalue weighted by atomic mass is 16.5. The van der Waals surface area contributed by atoms with E-state index in [1.807, 2.05) is 65.5 Å². The summed E-state index contributed by atoms with van der Waals surface area (Å²) in [5.74, 6) is 2.97.